The highest BCUT2D eigenvalue weighted by Crippen LogP contribution is 2.35. The van der Waals surface area contributed by atoms with Gasteiger partial charge in [-0.15, -0.1) is 0 Å². The summed E-state index contributed by atoms with van der Waals surface area (Å²) in [6.07, 6.45) is 28.8. The SMILES string of the molecule is CCCCCCCC[N+](C)(CCCCCCCC)CCCCCCCC.O=C1c2ccccc2C(=O)N1C1C(=O)N(S(=O)(=O)O)C1/C=C\c1ccccc1. The van der Waals surface area contributed by atoms with Crippen LogP contribution in [0.25, 0.3) is 6.08 Å². The van der Waals surface area contributed by atoms with Crippen molar-refractivity contribution in [2.75, 3.05) is 26.7 Å². The number of benzene rings is 2. The van der Waals surface area contributed by atoms with Gasteiger partial charge in [0.2, 0.25) is 0 Å². The molecule has 2 atom stereocenters. The molecule has 0 radical (unpaired) electrons. The van der Waals surface area contributed by atoms with E-state index in [1.807, 2.05) is 0 Å². The molecule has 2 aliphatic rings. The largest absolute Gasteiger partial charge is 0.362 e. The minimum Gasteiger partial charge on any atom is -0.326 e. The van der Waals surface area contributed by atoms with Gasteiger partial charge in [0.15, 0.2) is 0 Å². The van der Waals surface area contributed by atoms with E-state index in [9.17, 15) is 27.4 Å². The molecule has 2 aliphatic heterocycles. The summed E-state index contributed by atoms with van der Waals surface area (Å²) in [7, 11) is -2.29. The number of amides is 3. The van der Waals surface area contributed by atoms with Gasteiger partial charge in [0, 0.05) is 0 Å². The van der Waals surface area contributed by atoms with Gasteiger partial charge >= 0.3 is 10.3 Å². The second-order valence-electron chi connectivity index (χ2n) is 15.4. The third-order valence-corrected chi connectivity index (χ3v) is 11.8. The fourth-order valence-electron chi connectivity index (χ4n) is 7.57. The molecule has 1 fully saturated rings. The second kappa shape index (κ2) is 23.6. The molecule has 0 aliphatic carbocycles. The number of β-lactam (4-membered cyclic amide) rings is 1. The first-order chi connectivity index (χ1) is 26.0. The van der Waals surface area contributed by atoms with E-state index in [2.05, 4.69) is 27.8 Å². The number of nitrogens with zero attached hydrogens (tertiary/aromatic N) is 3. The third-order valence-electron chi connectivity index (χ3n) is 10.9. The van der Waals surface area contributed by atoms with Crippen LogP contribution < -0.4 is 0 Å². The lowest BCUT2D eigenvalue weighted by Crippen LogP contribution is -2.72. The summed E-state index contributed by atoms with van der Waals surface area (Å²) in [5, 5.41) is 0. The van der Waals surface area contributed by atoms with Crippen molar-refractivity contribution in [3.8, 4) is 0 Å². The Hall–Kier alpha value is -3.34. The molecule has 300 valence electrons. The fourth-order valence-corrected chi connectivity index (χ4v) is 8.40. The number of rotatable bonds is 25. The van der Waals surface area contributed by atoms with Gasteiger partial charge in [0.05, 0.1) is 43.9 Å². The summed E-state index contributed by atoms with van der Waals surface area (Å²) in [5.41, 5.74) is 1.02. The van der Waals surface area contributed by atoms with Crippen LogP contribution in [-0.4, -0.2) is 83.1 Å². The fraction of sp³-hybridized carbons (Fsp3) is 0.614. The highest BCUT2D eigenvalue weighted by molar-refractivity contribution is 7.84. The van der Waals surface area contributed by atoms with Crippen molar-refractivity contribution >= 4 is 34.1 Å². The molecule has 2 heterocycles. The molecule has 0 saturated carbocycles. The lowest BCUT2D eigenvalue weighted by molar-refractivity contribution is -0.910. The van der Waals surface area contributed by atoms with Crippen LogP contribution in [0.2, 0.25) is 0 Å². The summed E-state index contributed by atoms with van der Waals surface area (Å²) in [6.45, 7) is 11.2. The van der Waals surface area contributed by atoms with E-state index >= 15 is 0 Å². The van der Waals surface area contributed by atoms with Crippen molar-refractivity contribution in [2.24, 2.45) is 0 Å². The molecule has 4 rings (SSSR count). The molecule has 2 aromatic rings. The van der Waals surface area contributed by atoms with E-state index in [0.29, 0.717) is 0 Å². The number of hydrogen-bond donors (Lipinski definition) is 1. The Morgan fingerprint density at radius 1 is 0.611 bits per heavy atom. The zero-order chi connectivity index (χ0) is 39.4. The van der Waals surface area contributed by atoms with Gasteiger partial charge in [-0.3, -0.25) is 23.8 Å². The van der Waals surface area contributed by atoms with Crippen molar-refractivity contribution in [3.63, 3.8) is 0 Å². The predicted octanol–water partition coefficient (Wildman–Crippen LogP) is 9.89. The smallest absolute Gasteiger partial charge is 0.326 e. The van der Waals surface area contributed by atoms with Crippen molar-refractivity contribution in [1.82, 2.24) is 9.21 Å². The molecule has 0 bridgehead atoms. The number of quaternary nitrogens is 1. The predicted molar refractivity (Wildman–Crippen MR) is 219 cm³/mol. The molecule has 9 nitrogen and oxygen atoms in total. The zero-order valence-corrected chi connectivity index (χ0v) is 34.4. The van der Waals surface area contributed by atoms with E-state index < -0.39 is 40.1 Å². The van der Waals surface area contributed by atoms with Gasteiger partial charge in [-0.25, -0.2) is 4.31 Å². The maximum Gasteiger partial charge on any atom is 0.362 e. The van der Waals surface area contributed by atoms with E-state index in [1.165, 1.54) is 158 Å². The van der Waals surface area contributed by atoms with Crippen LogP contribution in [-0.2, 0) is 15.1 Å². The molecule has 54 heavy (non-hydrogen) atoms. The third kappa shape index (κ3) is 13.7. The van der Waals surface area contributed by atoms with Gasteiger partial charge in [-0.2, -0.15) is 8.42 Å². The summed E-state index contributed by atoms with van der Waals surface area (Å²) < 4.78 is 34.3. The minimum atomic E-state index is -4.85. The monoisotopic (exact) mass is 766 g/mol. The Morgan fingerprint density at radius 2 is 1.00 bits per heavy atom. The molecular weight excluding hydrogens is 699 g/mol. The lowest BCUT2D eigenvalue weighted by atomic mass is 9.95. The summed E-state index contributed by atoms with van der Waals surface area (Å²) >= 11 is 0. The van der Waals surface area contributed by atoms with Gasteiger partial charge in [-0.05, 0) is 56.2 Å². The van der Waals surface area contributed by atoms with Crippen LogP contribution in [0.15, 0.2) is 60.7 Å². The average molecular weight is 767 g/mol. The minimum absolute atomic E-state index is 0.149. The number of imide groups is 1. The molecule has 3 amide bonds. The van der Waals surface area contributed by atoms with E-state index in [4.69, 9.17) is 0 Å². The number of carbonyl (C=O) groups excluding carboxylic acids is 3. The highest BCUT2D eigenvalue weighted by Gasteiger charge is 2.59. The maximum absolute atomic E-state index is 12.7. The first-order valence-electron chi connectivity index (χ1n) is 20.8. The van der Waals surface area contributed by atoms with Crippen LogP contribution in [0.4, 0.5) is 0 Å². The molecule has 1 N–H and O–H groups in total. The Labute approximate surface area is 326 Å². The van der Waals surface area contributed by atoms with Gasteiger partial charge in [0.25, 0.3) is 17.7 Å². The van der Waals surface area contributed by atoms with Gasteiger partial charge < -0.3 is 4.48 Å². The molecule has 2 aromatic carbocycles. The van der Waals surface area contributed by atoms with E-state index in [0.717, 1.165) is 10.5 Å². The Bertz CT molecular complexity index is 1500. The van der Waals surface area contributed by atoms with Gasteiger partial charge in [-0.1, -0.05) is 152 Å². The summed E-state index contributed by atoms with van der Waals surface area (Å²) in [4.78, 5) is 38.5. The molecule has 0 spiro atoms. The lowest BCUT2D eigenvalue weighted by Gasteiger charge is -2.45. The average Bonchev–Trinajstić information content (AvgIpc) is 3.39. The maximum atomic E-state index is 12.7. The number of fused-ring (bicyclic) bond motifs is 1. The number of hydrogen-bond acceptors (Lipinski definition) is 5. The Balaban J connectivity index is 0.000000292. The number of carbonyl (C=O) groups is 3. The second-order valence-corrected chi connectivity index (χ2v) is 16.7. The van der Waals surface area contributed by atoms with E-state index in [-0.39, 0.29) is 15.4 Å². The highest BCUT2D eigenvalue weighted by atomic mass is 32.2. The van der Waals surface area contributed by atoms with E-state index in [1.54, 1.807) is 48.5 Å². The zero-order valence-electron chi connectivity index (χ0n) is 33.6. The van der Waals surface area contributed by atoms with Crippen LogP contribution in [0, 0.1) is 0 Å². The van der Waals surface area contributed by atoms with Crippen LogP contribution in [0.3, 0.4) is 0 Å². The molecule has 2 unspecified atom stereocenters. The summed E-state index contributed by atoms with van der Waals surface area (Å²) in [6, 6.07) is 12.4. The van der Waals surface area contributed by atoms with Crippen LogP contribution in [0.5, 0.6) is 0 Å². The quantitative estimate of drug-likeness (QED) is 0.0354. The molecule has 0 aromatic heterocycles. The Kier molecular flexibility index (Phi) is 19.6. The number of unbranched alkanes of at least 4 members (excludes halogenated alkanes) is 15. The van der Waals surface area contributed by atoms with Crippen LogP contribution in [0.1, 0.15) is 163 Å². The normalized spacial score (nSPS) is 17.2. The van der Waals surface area contributed by atoms with Crippen molar-refractivity contribution in [2.45, 2.75) is 148 Å². The topological polar surface area (TPSA) is 112 Å². The van der Waals surface area contributed by atoms with Gasteiger partial charge in [0.1, 0.15) is 6.04 Å². The van der Waals surface area contributed by atoms with Crippen molar-refractivity contribution in [1.29, 1.82) is 0 Å². The standard InChI is InChI=1S/C25H54N.C19H14N2O6S/c1-5-8-11-14-17-20-23-26(4,24-21-18-15-12-9-6-2)25-22-19-16-13-10-7-3;22-17-13-8-4-5-9-14(13)18(23)20(17)16-15(21(19(16)24)28(25,26)27)11-10-12-6-2-1-3-7-12/h5-25H2,1-4H3;1-11,15-16H,(H,25,26,27)/q+1;/b;11-10-. The van der Waals surface area contributed by atoms with Crippen molar-refractivity contribution in [3.05, 3.63) is 77.4 Å². The Morgan fingerprint density at radius 3 is 1.41 bits per heavy atom. The van der Waals surface area contributed by atoms with Crippen molar-refractivity contribution < 1.29 is 31.8 Å². The molecule has 10 heteroatoms. The molecular formula is C44H68N3O6S+. The first-order valence-corrected chi connectivity index (χ1v) is 22.2. The summed E-state index contributed by atoms with van der Waals surface area (Å²) in [5.74, 6) is -2.39. The van der Waals surface area contributed by atoms with Crippen LogP contribution >= 0.6 is 0 Å². The molecule has 1 saturated heterocycles. The first kappa shape index (κ1) is 45.1.